The van der Waals surface area contributed by atoms with Crippen LogP contribution in [-0.2, 0) is 6.54 Å². The van der Waals surface area contributed by atoms with E-state index in [1.165, 1.54) is 11.3 Å². The zero-order chi connectivity index (χ0) is 20.9. The first-order chi connectivity index (χ1) is 13.8. The van der Waals surface area contributed by atoms with E-state index in [2.05, 4.69) is 46.7 Å². The van der Waals surface area contributed by atoms with E-state index in [0.29, 0.717) is 22.9 Å². The van der Waals surface area contributed by atoms with Crippen molar-refractivity contribution in [3.8, 4) is 0 Å². The summed E-state index contributed by atoms with van der Waals surface area (Å²) in [5, 5.41) is 10.9. The second kappa shape index (κ2) is 8.87. The zero-order valence-corrected chi connectivity index (χ0v) is 17.4. The highest BCUT2D eigenvalue weighted by Crippen LogP contribution is 2.21. The molecule has 1 aromatic carbocycles. The maximum Gasteiger partial charge on any atom is 0.319 e. The third-order valence-electron chi connectivity index (χ3n) is 4.36. The van der Waals surface area contributed by atoms with Crippen molar-refractivity contribution in [1.29, 1.82) is 0 Å². The van der Waals surface area contributed by atoms with Gasteiger partial charge in [0.2, 0.25) is 0 Å². The van der Waals surface area contributed by atoms with Crippen LogP contribution in [0, 0.1) is 5.41 Å². The molecule has 3 N–H and O–H groups in total. The van der Waals surface area contributed by atoms with Crippen molar-refractivity contribution in [3.63, 3.8) is 0 Å². The minimum absolute atomic E-state index is 0.0972. The quantitative estimate of drug-likeness (QED) is 0.573. The smallest absolute Gasteiger partial charge is 0.319 e. The molecule has 2 aromatic heterocycles. The summed E-state index contributed by atoms with van der Waals surface area (Å²) in [5.41, 5.74) is 0.946. The topological polar surface area (TPSA) is 101 Å². The van der Waals surface area contributed by atoms with Gasteiger partial charge < -0.3 is 15.2 Å². The zero-order valence-electron chi connectivity index (χ0n) is 16.5. The van der Waals surface area contributed by atoms with E-state index < -0.39 is 0 Å². The van der Waals surface area contributed by atoms with Crippen LogP contribution < -0.4 is 16.0 Å². The number of anilines is 2. The lowest BCUT2D eigenvalue weighted by Gasteiger charge is -2.31. The van der Waals surface area contributed by atoms with E-state index in [-0.39, 0.29) is 23.4 Å². The van der Waals surface area contributed by atoms with Crippen LogP contribution in [0.4, 0.5) is 15.6 Å². The number of aromatic nitrogens is 3. The van der Waals surface area contributed by atoms with Gasteiger partial charge in [0.1, 0.15) is 0 Å². The second-order valence-electron chi connectivity index (χ2n) is 7.65. The molecule has 29 heavy (non-hydrogen) atoms. The molecule has 152 valence electrons. The molecule has 0 saturated heterocycles. The Bertz CT molecular complexity index is 931. The van der Waals surface area contributed by atoms with E-state index in [1.807, 2.05) is 10.8 Å². The first-order valence-corrected chi connectivity index (χ1v) is 10.0. The summed E-state index contributed by atoms with van der Waals surface area (Å²) in [6.45, 7) is 6.84. The van der Waals surface area contributed by atoms with Crippen LogP contribution in [0.2, 0.25) is 0 Å². The first-order valence-electron chi connectivity index (χ1n) is 9.15. The lowest BCUT2D eigenvalue weighted by Crippen LogP contribution is -2.47. The van der Waals surface area contributed by atoms with E-state index in [1.54, 1.807) is 48.4 Å². The molecule has 0 bridgehead atoms. The van der Waals surface area contributed by atoms with Crippen LogP contribution in [0.5, 0.6) is 0 Å². The Hall–Kier alpha value is -3.20. The molecule has 0 aliphatic carbocycles. The number of hydrogen-bond acceptors (Lipinski definition) is 5. The highest BCUT2D eigenvalue weighted by molar-refractivity contribution is 7.13. The Labute approximate surface area is 173 Å². The van der Waals surface area contributed by atoms with Gasteiger partial charge in [-0.15, -0.1) is 11.3 Å². The molecule has 0 aliphatic heterocycles. The van der Waals surface area contributed by atoms with Crippen molar-refractivity contribution in [3.05, 3.63) is 60.1 Å². The van der Waals surface area contributed by atoms with Crippen molar-refractivity contribution < 1.29 is 9.59 Å². The minimum Gasteiger partial charge on any atom is -0.335 e. The summed E-state index contributed by atoms with van der Waals surface area (Å²) in [7, 11) is 0. The molecule has 0 spiro atoms. The Morgan fingerprint density at radius 2 is 1.90 bits per heavy atom. The van der Waals surface area contributed by atoms with Crippen LogP contribution >= 0.6 is 11.3 Å². The van der Waals surface area contributed by atoms with Gasteiger partial charge in [-0.2, -0.15) is 0 Å². The van der Waals surface area contributed by atoms with Crippen LogP contribution in [0.25, 0.3) is 0 Å². The summed E-state index contributed by atoms with van der Waals surface area (Å²) in [6, 6.07) is 6.30. The SMILES string of the molecule is CC(C)(C)C(Cn1ccnc1)NC(=O)Nc1ccc(C(=O)Nc2nccs2)cc1. The van der Waals surface area contributed by atoms with Crippen LogP contribution in [0.3, 0.4) is 0 Å². The molecule has 8 nitrogen and oxygen atoms in total. The summed E-state index contributed by atoms with van der Waals surface area (Å²) in [6.07, 6.45) is 6.94. The van der Waals surface area contributed by atoms with Crippen LogP contribution in [-0.4, -0.2) is 32.5 Å². The number of hydrogen-bond donors (Lipinski definition) is 3. The van der Waals surface area contributed by atoms with E-state index in [9.17, 15) is 9.59 Å². The third kappa shape index (κ3) is 5.89. The third-order valence-corrected chi connectivity index (χ3v) is 5.05. The van der Waals surface area contributed by atoms with Gasteiger partial charge in [-0.3, -0.25) is 10.1 Å². The normalized spacial score (nSPS) is 12.2. The van der Waals surface area contributed by atoms with E-state index in [4.69, 9.17) is 0 Å². The number of carbonyl (C=O) groups excluding carboxylic acids is 2. The largest absolute Gasteiger partial charge is 0.335 e. The number of nitrogens with one attached hydrogen (secondary N) is 3. The van der Waals surface area contributed by atoms with Crippen molar-refractivity contribution in [1.82, 2.24) is 19.9 Å². The molecule has 0 saturated carbocycles. The minimum atomic E-state index is -0.301. The van der Waals surface area contributed by atoms with Crippen molar-refractivity contribution in [2.24, 2.45) is 5.41 Å². The number of rotatable bonds is 6. The number of amides is 3. The molecule has 3 rings (SSSR count). The van der Waals surface area contributed by atoms with Gasteiger partial charge in [0.25, 0.3) is 5.91 Å². The number of nitrogens with zero attached hydrogens (tertiary/aromatic N) is 3. The number of benzene rings is 1. The fourth-order valence-electron chi connectivity index (χ4n) is 2.63. The Morgan fingerprint density at radius 3 is 2.48 bits per heavy atom. The molecular formula is C20H24N6O2S. The molecule has 2 heterocycles. The molecule has 0 fully saturated rings. The molecular weight excluding hydrogens is 388 g/mol. The van der Waals surface area contributed by atoms with Gasteiger partial charge in [-0.25, -0.2) is 14.8 Å². The molecule has 3 amide bonds. The van der Waals surface area contributed by atoms with E-state index in [0.717, 1.165) is 0 Å². The van der Waals surface area contributed by atoms with Crippen molar-refractivity contribution >= 4 is 34.1 Å². The van der Waals surface area contributed by atoms with Gasteiger partial charge in [-0.1, -0.05) is 20.8 Å². The lowest BCUT2D eigenvalue weighted by molar-refractivity contribution is 0.102. The predicted molar refractivity (Wildman–Crippen MR) is 114 cm³/mol. The van der Waals surface area contributed by atoms with Gasteiger partial charge >= 0.3 is 6.03 Å². The average Bonchev–Trinajstić information content (AvgIpc) is 3.35. The molecule has 1 unspecified atom stereocenters. The summed E-state index contributed by atoms with van der Waals surface area (Å²) < 4.78 is 1.94. The highest BCUT2D eigenvalue weighted by Gasteiger charge is 2.26. The Kier molecular flexibility index (Phi) is 6.28. The standard InChI is InChI=1S/C20H24N6O2S/c1-20(2,3)16(12-26-10-8-21-13-26)24-18(28)23-15-6-4-14(5-7-15)17(27)25-19-22-9-11-29-19/h4-11,13,16H,12H2,1-3H3,(H,22,25,27)(H2,23,24,28). The monoisotopic (exact) mass is 412 g/mol. The molecule has 0 aliphatic rings. The fraction of sp³-hybridized carbons (Fsp3) is 0.300. The Morgan fingerprint density at radius 1 is 1.14 bits per heavy atom. The number of thiazole rings is 1. The van der Waals surface area contributed by atoms with Gasteiger partial charge in [-0.05, 0) is 29.7 Å². The molecule has 9 heteroatoms. The summed E-state index contributed by atoms with van der Waals surface area (Å²) >= 11 is 1.35. The lowest BCUT2D eigenvalue weighted by atomic mass is 9.86. The maximum atomic E-state index is 12.5. The molecule has 1 atom stereocenters. The summed E-state index contributed by atoms with van der Waals surface area (Å²) in [5.74, 6) is -0.246. The molecule has 3 aromatic rings. The average molecular weight is 413 g/mol. The van der Waals surface area contributed by atoms with Crippen LogP contribution in [0.15, 0.2) is 54.6 Å². The first kappa shape index (κ1) is 20.5. The van der Waals surface area contributed by atoms with Gasteiger partial charge in [0.15, 0.2) is 5.13 Å². The van der Waals surface area contributed by atoms with E-state index >= 15 is 0 Å². The number of imidazole rings is 1. The van der Waals surface area contributed by atoms with Gasteiger partial charge in [0.05, 0.1) is 12.4 Å². The maximum absolute atomic E-state index is 12.5. The van der Waals surface area contributed by atoms with Gasteiger partial charge in [0, 0.05) is 41.8 Å². The summed E-state index contributed by atoms with van der Waals surface area (Å²) in [4.78, 5) is 32.8. The highest BCUT2D eigenvalue weighted by atomic mass is 32.1. The number of carbonyl (C=O) groups is 2. The molecule has 0 radical (unpaired) electrons. The Balaban J connectivity index is 1.58. The second-order valence-corrected chi connectivity index (χ2v) is 8.54. The van der Waals surface area contributed by atoms with Crippen LogP contribution in [0.1, 0.15) is 31.1 Å². The fourth-order valence-corrected chi connectivity index (χ4v) is 3.15. The number of urea groups is 1. The van der Waals surface area contributed by atoms with Crippen molar-refractivity contribution in [2.75, 3.05) is 10.6 Å². The van der Waals surface area contributed by atoms with Crippen molar-refractivity contribution in [2.45, 2.75) is 33.4 Å². The predicted octanol–water partition coefficient (Wildman–Crippen LogP) is 3.83.